The van der Waals surface area contributed by atoms with Crippen molar-refractivity contribution in [2.75, 3.05) is 0 Å². The van der Waals surface area contributed by atoms with Crippen LogP contribution in [0.1, 0.15) is 0 Å². The molecule has 6 heteroatoms. The minimum Gasteiger partial charge on any atom is -0.309 e. The number of nitrogens with zero attached hydrogens (tertiary/aromatic N) is 1. The summed E-state index contributed by atoms with van der Waals surface area (Å²) in [7, 11) is -3.60. The zero-order valence-electron chi connectivity index (χ0n) is 15.6. The van der Waals surface area contributed by atoms with E-state index in [-0.39, 0.29) is 9.79 Å². The van der Waals surface area contributed by atoms with Crippen molar-refractivity contribution < 1.29 is 8.42 Å². The Morgan fingerprint density at radius 3 is 1.77 bits per heavy atom. The molecule has 0 saturated heterocycles. The van der Waals surface area contributed by atoms with E-state index in [2.05, 4.69) is 48.6 Å². The van der Waals surface area contributed by atoms with Crippen molar-refractivity contribution in [1.82, 2.24) is 4.57 Å². The highest BCUT2D eigenvalue weighted by molar-refractivity contribution is 9.10. The van der Waals surface area contributed by atoms with Crippen LogP contribution in [0.4, 0.5) is 0 Å². The fraction of sp³-hybridized carbons (Fsp3) is 0. The van der Waals surface area contributed by atoms with Crippen molar-refractivity contribution in [1.29, 1.82) is 0 Å². The summed E-state index contributed by atoms with van der Waals surface area (Å²) < 4.78 is 30.4. The number of rotatable bonds is 3. The fourth-order valence-electron chi connectivity index (χ4n) is 3.77. The summed E-state index contributed by atoms with van der Waals surface area (Å²) in [5.41, 5.74) is 2.83. The summed E-state index contributed by atoms with van der Waals surface area (Å²) in [6, 6.07) is 27.9. The SMILES string of the molecule is O=S(=O)(c1ccccc1)c1cccc(-n2c3ccc(Br)cc3c3cc(Br)ccc32)c1. The van der Waals surface area contributed by atoms with E-state index in [9.17, 15) is 8.42 Å². The molecule has 0 aliphatic heterocycles. The highest BCUT2D eigenvalue weighted by Gasteiger charge is 2.19. The van der Waals surface area contributed by atoms with Crippen LogP contribution in [0, 0.1) is 0 Å². The summed E-state index contributed by atoms with van der Waals surface area (Å²) in [6.45, 7) is 0. The molecule has 0 aliphatic rings. The first-order valence-electron chi connectivity index (χ1n) is 9.25. The van der Waals surface area contributed by atoms with Gasteiger partial charge in [-0.15, -0.1) is 0 Å². The Hall–Kier alpha value is -2.41. The van der Waals surface area contributed by atoms with Crippen LogP contribution in [-0.4, -0.2) is 13.0 Å². The van der Waals surface area contributed by atoms with Crippen LogP contribution in [0.5, 0.6) is 0 Å². The van der Waals surface area contributed by atoms with E-state index in [4.69, 9.17) is 0 Å². The van der Waals surface area contributed by atoms with Crippen LogP contribution < -0.4 is 0 Å². The first-order valence-corrected chi connectivity index (χ1v) is 12.3. The lowest BCUT2D eigenvalue weighted by Crippen LogP contribution is -2.03. The summed E-state index contributed by atoms with van der Waals surface area (Å²) in [5, 5.41) is 2.19. The largest absolute Gasteiger partial charge is 0.309 e. The lowest BCUT2D eigenvalue weighted by molar-refractivity contribution is 0.596. The summed E-state index contributed by atoms with van der Waals surface area (Å²) in [6.07, 6.45) is 0. The molecule has 0 fully saturated rings. The minimum absolute atomic E-state index is 0.274. The van der Waals surface area contributed by atoms with Gasteiger partial charge in [-0.1, -0.05) is 56.1 Å². The van der Waals surface area contributed by atoms with E-state index in [1.807, 2.05) is 36.4 Å². The quantitative estimate of drug-likeness (QED) is 0.244. The standard InChI is InChI=1S/C24H15Br2NO2S/c25-16-9-11-23-21(13-16)22-14-17(26)10-12-24(22)27(23)18-5-4-8-20(15-18)30(28,29)19-6-2-1-3-7-19/h1-15H. The predicted octanol–water partition coefficient (Wildman–Crippen LogP) is 7.14. The van der Waals surface area contributed by atoms with E-state index in [1.54, 1.807) is 42.5 Å². The number of fused-ring (bicyclic) bond motifs is 3. The number of benzene rings is 4. The van der Waals surface area contributed by atoms with Gasteiger partial charge in [-0.05, 0) is 66.7 Å². The third kappa shape index (κ3) is 3.20. The van der Waals surface area contributed by atoms with Crippen molar-refractivity contribution in [2.24, 2.45) is 0 Å². The van der Waals surface area contributed by atoms with Crippen molar-refractivity contribution in [3.05, 3.63) is 99.9 Å². The van der Waals surface area contributed by atoms with Crippen LogP contribution in [0.3, 0.4) is 0 Å². The number of sulfone groups is 1. The number of halogens is 2. The number of hydrogen-bond donors (Lipinski definition) is 0. The van der Waals surface area contributed by atoms with Crippen molar-refractivity contribution in [2.45, 2.75) is 9.79 Å². The van der Waals surface area contributed by atoms with Gasteiger partial charge < -0.3 is 4.57 Å². The lowest BCUT2D eigenvalue weighted by Gasteiger charge is -2.11. The molecule has 5 rings (SSSR count). The Bertz CT molecular complexity index is 1460. The van der Waals surface area contributed by atoms with Gasteiger partial charge in [-0.2, -0.15) is 0 Å². The highest BCUT2D eigenvalue weighted by Crippen LogP contribution is 2.36. The highest BCUT2D eigenvalue weighted by atomic mass is 79.9. The first-order chi connectivity index (χ1) is 14.4. The summed E-state index contributed by atoms with van der Waals surface area (Å²) in [4.78, 5) is 0.563. The summed E-state index contributed by atoms with van der Waals surface area (Å²) >= 11 is 7.13. The average Bonchev–Trinajstić information content (AvgIpc) is 3.07. The maximum Gasteiger partial charge on any atom is 0.206 e. The fourth-order valence-corrected chi connectivity index (χ4v) is 5.81. The number of hydrogen-bond acceptors (Lipinski definition) is 2. The van der Waals surface area contributed by atoms with Gasteiger partial charge in [0.2, 0.25) is 9.84 Å². The second-order valence-corrected chi connectivity index (χ2v) is 10.8. The molecule has 0 unspecified atom stereocenters. The zero-order valence-corrected chi connectivity index (χ0v) is 19.6. The van der Waals surface area contributed by atoms with Gasteiger partial charge in [0.15, 0.2) is 0 Å². The Morgan fingerprint density at radius 2 is 1.17 bits per heavy atom. The third-order valence-corrected chi connectivity index (χ3v) is 7.88. The van der Waals surface area contributed by atoms with Gasteiger partial charge in [-0.3, -0.25) is 0 Å². The average molecular weight is 541 g/mol. The molecule has 0 amide bonds. The van der Waals surface area contributed by atoms with Crippen LogP contribution in [0.25, 0.3) is 27.5 Å². The van der Waals surface area contributed by atoms with Gasteiger partial charge >= 0.3 is 0 Å². The van der Waals surface area contributed by atoms with Crippen molar-refractivity contribution in [3.8, 4) is 5.69 Å². The molecular formula is C24H15Br2NO2S. The third-order valence-electron chi connectivity index (χ3n) is 5.13. The van der Waals surface area contributed by atoms with Gasteiger partial charge in [0.25, 0.3) is 0 Å². The normalized spacial score (nSPS) is 11.9. The molecule has 148 valence electrons. The maximum absolute atomic E-state index is 13.2. The van der Waals surface area contributed by atoms with E-state index < -0.39 is 9.84 Å². The van der Waals surface area contributed by atoms with Crippen molar-refractivity contribution >= 4 is 63.5 Å². The molecule has 5 aromatic rings. The Labute approximate surface area is 191 Å². The second kappa shape index (κ2) is 7.38. The van der Waals surface area contributed by atoms with Gasteiger partial charge in [-0.25, -0.2) is 8.42 Å². The Morgan fingerprint density at radius 1 is 0.600 bits per heavy atom. The molecule has 0 saturated carbocycles. The number of aromatic nitrogens is 1. The van der Waals surface area contributed by atoms with Gasteiger partial charge in [0.05, 0.1) is 20.8 Å². The first kappa shape index (κ1) is 19.5. The molecule has 0 bridgehead atoms. The van der Waals surface area contributed by atoms with E-state index in [1.165, 1.54) is 0 Å². The van der Waals surface area contributed by atoms with Crippen LogP contribution >= 0.6 is 31.9 Å². The topological polar surface area (TPSA) is 39.1 Å². The molecular weight excluding hydrogens is 526 g/mol. The lowest BCUT2D eigenvalue weighted by atomic mass is 10.2. The molecule has 0 aliphatic carbocycles. The molecule has 3 nitrogen and oxygen atoms in total. The molecule has 0 atom stereocenters. The molecule has 30 heavy (non-hydrogen) atoms. The zero-order chi connectivity index (χ0) is 20.9. The van der Waals surface area contributed by atoms with Crippen LogP contribution in [-0.2, 0) is 9.84 Å². The molecule has 0 spiro atoms. The second-order valence-electron chi connectivity index (χ2n) is 6.97. The molecule has 4 aromatic carbocycles. The molecule has 1 heterocycles. The molecule has 0 radical (unpaired) electrons. The van der Waals surface area contributed by atoms with E-state index in [0.717, 1.165) is 36.4 Å². The van der Waals surface area contributed by atoms with Crippen LogP contribution in [0.2, 0.25) is 0 Å². The Balaban J connectivity index is 1.79. The van der Waals surface area contributed by atoms with Gasteiger partial charge in [0.1, 0.15) is 0 Å². The monoisotopic (exact) mass is 539 g/mol. The summed E-state index contributed by atoms with van der Waals surface area (Å²) in [5.74, 6) is 0. The van der Waals surface area contributed by atoms with Crippen molar-refractivity contribution in [3.63, 3.8) is 0 Å². The molecule has 0 N–H and O–H groups in total. The molecule has 1 aromatic heterocycles. The Kier molecular flexibility index (Phi) is 4.81. The van der Waals surface area contributed by atoms with Gasteiger partial charge in [0, 0.05) is 25.4 Å². The minimum atomic E-state index is -3.60. The van der Waals surface area contributed by atoms with E-state index >= 15 is 0 Å². The van der Waals surface area contributed by atoms with Crippen LogP contribution in [0.15, 0.2) is 110 Å². The van der Waals surface area contributed by atoms with E-state index in [0.29, 0.717) is 0 Å². The smallest absolute Gasteiger partial charge is 0.206 e. The maximum atomic E-state index is 13.2. The predicted molar refractivity (Wildman–Crippen MR) is 128 cm³/mol.